The minimum atomic E-state index is -1.85. The number of carbonyl (C=O) groups is 1. The van der Waals surface area contributed by atoms with Crippen LogP contribution in [0.25, 0.3) is 0 Å². The zero-order chi connectivity index (χ0) is 14.0. The molecule has 2 N–H and O–H groups in total. The van der Waals surface area contributed by atoms with E-state index in [1.807, 2.05) is 0 Å². The summed E-state index contributed by atoms with van der Waals surface area (Å²) >= 11 is 0. The largest absolute Gasteiger partial charge is 0.422 e. The van der Waals surface area contributed by atoms with E-state index in [4.69, 9.17) is 4.74 Å². The highest BCUT2D eigenvalue weighted by atomic mass is 16.7. The Labute approximate surface area is 112 Å². The number of hydrogen-bond acceptors (Lipinski definition) is 4. The lowest BCUT2D eigenvalue weighted by Crippen LogP contribution is -2.64. The van der Waals surface area contributed by atoms with E-state index in [9.17, 15) is 15.0 Å². The first-order valence-electron chi connectivity index (χ1n) is 6.85. The lowest BCUT2D eigenvalue weighted by molar-refractivity contribution is -0.284. The molecule has 19 heavy (non-hydrogen) atoms. The SMILES string of the molecule is C=C1CC2=C(C)C(=O)O[C@@]2(O)[C@@]2(O)CC[C@@H](C)C[C@H]12. The van der Waals surface area contributed by atoms with E-state index in [-0.39, 0.29) is 5.92 Å². The van der Waals surface area contributed by atoms with Gasteiger partial charge in [0.15, 0.2) is 0 Å². The summed E-state index contributed by atoms with van der Waals surface area (Å²) in [7, 11) is 0. The van der Waals surface area contributed by atoms with E-state index < -0.39 is 17.4 Å². The molecule has 2 saturated carbocycles. The van der Waals surface area contributed by atoms with Crippen LogP contribution in [0.5, 0.6) is 0 Å². The van der Waals surface area contributed by atoms with Crippen LogP contribution in [0.3, 0.4) is 0 Å². The maximum absolute atomic E-state index is 11.8. The number of hydrogen-bond donors (Lipinski definition) is 2. The van der Waals surface area contributed by atoms with Crippen LogP contribution in [0.2, 0.25) is 0 Å². The van der Waals surface area contributed by atoms with Crippen LogP contribution in [0.4, 0.5) is 0 Å². The fourth-order valence-electron chi connectivity index (χ4n) is 3.87. The van der Waals surface area contributed by atoms with Gasteiger partial charge >= 0.3 is 5.97 Å². The van der Waals surface area contributed by atoms with Crippen molar-refractivity contribution in [2.24, 2.45) is 11.8 Å². The Morgan fingerprint density at radius 1 is 1.42 bits per heavy atom. The summed E-state index contributed by atoms with van der Waals surface area (Å²) in [5, 5.41) is 21.8. The predicted molar refractivity (Wildman–Crippen MR) is 69.0 cm³/mol. The number of aliphatic hydroxyl groups is 2. The molecule has 0 unspecified atom stereocenters. The maximum Gasteiger partial charge on any atom is 0.336 e. The standard InChI is InChI=1S/C15H20O4/c1-8-4-5-14(17)11(6-8)9(2)7-12-10(3)13(16)19-15(12,14)18/h8,11,17-18H,2,4-7H2,1,3H3/t8-,11-,14-,15-/m1/s1. The second kappa shape index (κ2) is 3.70. The molecule has 0 aromatic carbocycles. The van der Waals surface area contributed by atoms with Crippen LogP contribution in [-0.2, 0) is 9.53 Å². The molecule has 4 atom stereocenters. The smallest absolute Gasteiger partial charge is 0.336 e. The molecular weight excluding hydrogens is 244 g/mol. The highest BCUT2D eigenvalue weighted by Gasteiger charge is 2.66. The van der Waals surface area contributed by atoms with Gasteiger partial charge in [0.25, 0.3) is 5.79 Å². The fourth-order valence-corrected chi connectivity index (χ4v) is 3.87. The highest BCUT2D eigenvalue weighted by Crippen LogP contribution is 2.57. The third-order valence-corrected chi connectivity index (χ3v) is 5.12. The van der Waals surface area contributed by atoms with Crippen LogP contribution in [0.1, 0.15) is 39.5 Å². The monoisotopic (exact) mass is 264 g/mol. The van der Waals surface area contributed by atoms with Crippen LogP contribution in [0.15, 0.2) is 23.3 Å². The summed E-state index contributed by atoms with van der Waals surface area (Å²) in [4.78, 5) is 11.8. The molecule has 3 rings (SSSR count). The average molecular weight is 264 g/mol. The van der Waals surface area contributed by atoms with E-state index in [0.29, 0.717) is 29.9 Å². The van der Waals surface area contributed by atoms with E-state index >= 15 is 0 Å². The molecule has 1 heterocycles. The van der Waals surface area contributed by atoms with Crippen molar-refractivity contribution in [3.05, 3.63) is 23.3 Å². The number of fused-ring (bicyclic) bond motifs is 3. The molecule has 0 aromatic heterocycles. The Morgan fingerprint density at radius 3 is 2.79 bits per heavy atom. The molecule has 0 spiro atoms. The van der Waals surface area contributed by atoms with E-state index in [2.05, 4.69) is 13.5 Å². The Hall–Kier alpha value is -1.13. The van der Waals surface area contributed by atoms with Crippen LogP contribution >= 0.6 is 0 Å². The summed E-state index contributed by atoms with van der Waals surface area (Å²) in [6.45, 7) is 7.83. The molecule has 0 saturated heterocycles. The summed E-state index contributed by atoms with van der Waals surface area (Å²) in [5.74, 6) is -2.10. The van der Waals surface area contributed by atoms with E-state index in [1.54, 1.807) is 6.92 Å². The number of rotatable bonds is 0. The second-order valence-corrected chi connectivity index (χ2v) is 6.33. The van der Waals surface area contributed by atoms with Crippen molar-refractivity contribution in [1.29, 1.82) is 0 Å². The van der Waals surface area contributed by atoms with Gasteiger partial charge in [-0.2, -0.15) is 0 Å². The average Bonchev–Trinajstić information content (AvgIpc) is 2.57. The summed E-state index contributed by atoms with van der Waals surface area (Å²) in [5.41, 5.74) is 0.383. The molecule has 1 aliphatic heterocycles. The molecule has 4 heteroatoms. The van der Waals surface area contributed by atoms with Gasteiger partial charge in [-0.05, 0) is 38.5 Å². The van der Waals surface area contributed by atoms with Crippen LogP contribution < -0.4 is 0 Å². The van der Waals surface area contributed by atoms with Gasteiger partial charge in [0.05, 0.1) is 0 Å². The van der Waals surface area contributed by atoms with E-state index in [0.717, 1.165) is 18.4 Å². The quantitative estimate of drug-likeness (QED) is 0.516. The second-order valence-electron chi connectivity index (χ2n) is 6.33. The number of ether oxygens (including phenoxy) is 1. The zero-order valence-electron chi connectivity index (χ0n) is 11.4. The normalized spacial score (nSPS) is 45.9. The molecule has 0 amide bonds. The minimum Gasteiger partial charge on any atom is -0.422 e. The van der Waals surface area contributed by atoms with E-state index in [1.165, 1.54) is 0 Å². The van der Waals surface area contributed by atoms with Crippen molar-refractivity contribution in [3.8, 4) is 0 Å². The van der Waals surface area contributed by atoms with Gasteiger partial charge in [-0.15, -0.1) is 0 Å². The molecule has 0 bridgehead atoms. The van der Waals surface area contributed by atoms with Gasteiger partial charge < -0.3 is 14.9 Å². The molecule has 0 aromatic rings. The van der Waals surface area contributed by atoms with Crippen molar-refractivity contribution >= 4 is 5.97 Å². The van der Waals surface area contributed by atoms with Gasteiger partial charge in [0, 0.05) is 17.1 Å². The Bertz CT molecular complexity index is 506. The molecule has 0 radical (unpaired) electrons. The Kier molecular flexibility index (Phi) is 2.51. The van der Waals surface area contributed by atoms with Crippen molar-refractivity contribution in [3.63, 3.8) is 0 Å². The maximum atomic E-state index is 11.8. The number of esters is 1. The summed E-state index contributed by atoms with van der Waals surface area (Å²) in [6, 6.07) is 0. The fraction of sp³-hybridized carbons (Fsp3) is 0.667. The Balaban J connectivity index is 2.12. The topological polar surface area (TPSA) is 66.8 Å². The first kappa shape index (κ1) is 12.9. The molecule has 4 nitrogen and oxygen atoms in total. The summed E-state index contributed by atoms with van der Waals surface area (Å²) in [6.07, 6.45) is 2.46. The zero-order valence-corrected chi connectivity index (χ0v) is 11.4. The highest BCUT2D eigenvalue weighted by molar-refractivity contribution is 5.92. The predicted octanol–water partition coefficient (Wildman–Crippen LogP) is 1.68. The first-order chi connectivity index (χ1) is 8.79. The molecule has 2 aliphatic carbocycles. The van der Waals surface area contributed by atoms with Gasteiger partial charge in [-0.25, -0.2) is 4.79 Å². The van der Waals surface area contributed by atoms with Crippen molar-refractivity contribution in [1.82, 2.24) is 0 Å². The molecular formula is C15H20O4. The van der Waals surface area contributed by atoms with Gasteiger partial charge in [-0.1, -0.05) is 19.1 Å². The third-order valence-electron chi connectivity index (χ3n) is 5.12. The molecule has 104 valence electrons. The molecule has 3 aliphatic rings. The van der Waals surface area contributed by atoms with Crippen molar-refractivity contribution < 1.29 is 19.7 Å². The van der Waals surface area contributed by atoms with Gasteiger partial charge in [-0.3, -0.25) is 0 Å². The van der Waals surface area contributed by atoms with Gasteiger partial charge in [0.1, 0.15) is 5.60 Å². The van der Waals surface area contributed by atoms with Crippen LogP contribution in [-0.4, -0.2) is 27.6 Å². The lowest BCUT2D eigenvalue weighted by atomic mass is 9.59. The van der Waals surface area contributed by atoms with Crippen LogP contribution in [0, 0.1) is 11.8 Å². The Morgan fingerprint density at radius 2 is 2.11 bits per heavy atom. The summed E-state index contributed by atoms with van der Waals surface area (Å²) < 4.78 is 5.17. The first-order valence-corrected chi connectivity index (χ1v) is 6.85. The lowest BCUT2D eigenvalue weighted by Gasteiger charge is -2.53. The van der Waals surface area contributed by atoms with Crippen molar-refractivity contribution in [2.45, 2.75) is 50.9 Å². The third kappa shape index (κ3) is 1.44. The minimum absolute atomic E-state index is 0.205. The van der Waals surface area contributed by atoms with Gasteiger partial charge in [0.2, 0.25) is 0 Å². The number of carbonyl (C=O) groups excluding carboxylic acids is 1. The molecule has 2 fully saturated rings. The van der Waals surface area contributed by atoms with Crippen molar-refractivity contribution in [2.75, 3.05) is 0 Å².